The minimum absolute atomic E-state index is 0.0645. The standard InChI is InChI=1S/C13H13F2NO2/c1-3-8-5-9(7-16)11(13(17)18-4-2)6-10(8)12(14)15/h5-6,12H,3-4H2,1-2H3. The second-order valence-electron chi connectivity index (χ2n) is 3.58. The average Bonchev–Trinajstić information content (AvgIpc) is 2.37. The van der Waals surface area contributed by atoms with Crippen molar-refractivity contribution < 1.29 is 18.3 Å². The summed E-state index contributed by atoms with van der Waals surface area (Å²) in [7, 11) is 0. The van der Waals surface area contributed by atoms with Gasteiger partial charge in [-0.3, -0.25) is 0 Å². The molecule has 0 aliphatic heterocycles. The van der Waals surface area contributed by atoms with Gasteiger partial charge in [-0.2, -0.15) is 5.26 Å². The predicted molar refractivity (Wildman–Crippen MR) is 61.4 cm³/mol. The molecule has 5 heteroatoms. The van der Waals surface area contributed by atoms with Crippen molar-refractivity contribution >= 4 is 5.97 Å². The Morgan fingerprint density at radius 2 is 2.11 bits per heavy atom. The van der Waals surface area contributed by atoms with Gasteiger partial charge in [-0.15, -0.1) is 0 Å². The molecular formula is C13H13F2NO2. The number of nitrogens with zero attached hydrogens (tertiary/aromatic N) is 1. The Bertz CT molecular complexity index is 492. The highest BCUT2D eigenvalue weighted by Gasteiger charge is 2.20. The highest BCUT2D eigenvalue weighted by molar-refractivity contribution is 5.92. The Hall–Kier alpha value is -1.96. The molecule has 0 bridgehead atoms. The summed E-state index contributed by atoms with van der Waals surface area (Å²) in [6, 6.07) is 4.21. The van der Waals surface area contributed by atoms with E-state index in [4.69, 9.17) is 10.00 Å². The summed E-state index contributed by atoms with van der Waals surface area (Å²) in [5, 5.41) is 8.94. The van der Waals surface area contributed by atoms with Crippen molar-refractivity contribution in [2.45, 2.75) is 26.7 Å². The van der Waals surface area contributed by atoms with E-state index in [1.807, 2.05) is 6.07 Å². The van der Waals surface area contributed by atoms with Crippen LogP contribution in [0.1, 0.15) is 47.3 Å². The van der Waals surface area contributed by atoms with Crippen molar-refractivity contribution in [2.75, 3.05) is 6.61 Å². The first kappa shape index (κ1) is 14.1. The smallest absolute Gasteiger partial charge is 0.339 e. The van der Waals surface area contributed by atoms with Crippen LogP contribution in [0, 0.1) is 11.3 Å². The van der Waals surface area contributed by atoms with Gasteiger partial charge in [0.25, 0.3) is 6.43 Å². The zero-order valence-electron chi connectivity index (χ0n) is 10.2. The van der Waals surface area contributed by atoms with Crippen molar-refractivity contribution in [2.24, 2.45) is 0 Å². The molecule has 0 fully saturated rings. The number of rotatable bonds is 4. The number of benzene rings is 1. The van der Waals surface area contributed by atoms with E-state index >= 15 is 0 Å². The van der Waals surface area contributed by atoms with E-state index < -0.39 is 12.4 Å². The van der Waals surface area contributed by atoms with Gasteiger partial charge in [-0.25, -0.2) is 13.6 Å². The molecule has 96 valence electrons. The molecule has 0 amide bonds. The third-order valence-corrected chi connectivity index (χ3v) is 2.51. The number of carbonyl (C=O) groups excluding carboxylic acids is 1. The molecule has 0 radical (unpaired) electrons. The number of ether oxygens (including phenoxy) is 1. The zero-order chi connectivity index (χ0) is 13.7. The van der Waals surface area contributed by atoms with Crippen LogP contribution in [0.3, 0.4) is 0 Å². The summed E-state index contributed by atoms with van der Waals surface area (Å²) < 4.78 is 30.4. The Balaban J connectivity index is 3.37. The fourth-order valence-electron chi connectivity index (χ4n) is 1.64. The number of aryl methyl sites for hydroxylation is 1. The van der Waals surface area contributed by atoms with Gasteiger partial charge in [0.1, 0.15) is 6.07 Å². The van der Waals surface area contributed by atoms with Crippen molar-refractivity contribution in [1.82, 2.24) is 0 Å². The van der Waals surface area contributed by atoms with Crippen molar-refractivity contribution in [3.63, 3.8) is 0 Å². The van der Waals surface area contributed by atoms with Crippen LogP contribution < -0.4 is 0 Å². The lowest BCUT2D eigenvalue weighted by atomic mass is 9.97. The maximum Gasteiger partial charge on any atom is 0.339 e. The molecule has 0 unspecified atom stereocenters. The van der Waals surface area contributed by atoms with E-state index in [1.54, 1.807) is 13.8 Å². The summed E-state index contributed by atoms with van der Waals surface area (Å²) in [6.07, 6.45) is -2.31. The number of alkyl halides is 2. The van der Waals surface area contributed by atoms with Crippen molar-refractivity contribution in [3.8, 4) is 6.07 Å². The SMILES string of the molecule is CCOC(=O)c1cc(C(F)F)c(CC)cc1C#N. The van der Waals surface area contributed by atoms with Gasteiger partial charge in [0, 0.05) is 5.56 Å². The first-order valence-corrected chi connectivity index (χ1v) is 5.57. The van der Waals surface area contributed by atoms with Gasteiger partial charge in [-0.1, -0.05) is 6.92 Å². The fraction of sp³-hybridized carbons (Fsp3) is 0.385. The molecule has 1 aromatic rings. The predicted octanol–water partition coefficient (Wildman–Crippen LogP) is 3.23. The first-order chi connectivity index (χ1) is 8.54. The van der Waals surface area contributed by atoms with Crippen LogP contribution in [0.25, 0.3) is 0 Å². The quantitative estimate of drug-likeness (QED) is 0.774. The molecule has 0 saturated heterocycles. The lowest BCUT2D eigenvalue weighted by Crippen LogP contribution is -2.09. The minimum Gasteiger partial charge on any atom is -0.462 e. The first-order valence-electron chi connectivity index (χ1n) is 5.57. The summed E-state index contributed by atoms with van der Waals surface area (Å²) in [6.45, 7) is 3.45. The normalized spacial score (nSPS) is 10.2. The Kier molecular flexibility index (Phi) is 4.78. The Labute approximate surface area is 104 Å². The molecule has 3 nitrogen and oxygen atoms in total. The second kappa shape index (κ2) is 6.10. The molecule has 0 saturated carbocycles. The van der Waals surface area contributed by atoms with Crippen LogP contribution in [-0.2, 0) is 11.2 Å². The van der Waals surface area contributed by atoms with Crippen LogP contribution in [0.2, 0.25) is 0 Å². The van der Waals surface area contributed by atoms with Crippen LogP contribution in [-0.4, -0.2) is 12.6 Å². The minimum atomic E-state index is -2.68. The second-order valence-corrected chi connectivity index (χ2v) is 3.58. The highest BCUT2D eigenvalue weighted by atomic mass is 19.3. The third kappa shape index (κ3) is 2.83. The largest absolute Gasteiger partial charge is 0.462 e. The molecule has 0 aliphatic carbocycles. The van der Waals surface area contributed by atoms with E-state index in [2.05, 4.69) is 0 Å². The molecule has 1 rings (SSSR count). The van der Waals surface area contributed by atoms with Crippen molar-refractivity contribution in [3.05, 3.63) is 34.4 Å². The molecule has 0 spiro atoms. The summed E-state index contributed by atoms with van der Waals surface area (Å²) in [4.78, 5) is 11.6. The number of halogens is 2. The molecule has 0 aliphatic rings. The molecule has 0 atom stereocenters. The van der Waals surface area contributed by atoms with Crippen molar-refractivity contribution in [1.29, 1.82) is 5.26 Å². The van der Waals surface area contributed by atoms with Gasteiger partial charge in [-0.05, 0) is 31.0 Å². The number of hydrogen-bond donors (Lipinski definition) is 0. The van der Waals surface area contributed by atoms with E-state index in [9.17, 15) is 13.6 Å². The van der Waals surface area contributed by atoms with Crippen LogP contribution in [0.5, 0.6) is 0 Å². The maximum atomic E-state index is 12.8. The van der Waals surface area contributed by atoms with Gasteiger partial charge in [0.15, 0.2) is 0 Å². The Morgan fingerprint density at radius 3 is 2.56 bits per heavy atom. The third-order valence-electron chi connectivity index (χ3n) is 2.51. The molecule has 0 aromatic heterocycles. The zero-order valence-corrected chi connectivity index (χ0v) is 10.2. The summed E-state index contributed by atoms with van der Waals surface area (Å²) in [5.74, 6) is -0.751. The fourth-order valence-corrected chi connectivity index (χ4v) is 1.64. The van der Waals surface area contributed by atoms with E-state index in [1.165, 1.54) is 6.07 Å². The van der Waals surface area contributed by atoms with Crippen LogP contribution in [0.15, 0.2) is 12.1 Å². The van der Waals surface area contributed by atoms with Gasteiger partial charge in [0.05, 0.1) is 17.7 Å². The molecule has 18 heavy (non-hydrogen) atoms. The lowest BCUT2D eigenvalue weighted by molar-refractivity contribution is 0.0525. The van der Waals surface area contributed by atoms with Gasteiger partial charge in [0.2, 0.25) is 0 Å². The Morgan fingerprint density at radius 1 is 1.44 bits per heavy atom. The molecular weight excluding hydrogens is 240 g/mol. The summed E-state index contributed by atoms with van der Waals surface area (Å²) in [5.41, 5.74) is 0.107. The number of esters is 1. The van der Waals surface area contributed by atoms with Gasteiger partial charge < -0.3 is 4.74 Å². The molecule has 1 aromatic carbocycles. The number of hydrogen-bond acceptors (Lipinski definition) is 3. The number of carbonyl (C=O) groups is 1. The number of nitriles is 1. The van der Waals surface area contributed by atoms with Crippen LogP contribution >= 0.6 is 0 Å². The summed E-state index contributed by atoms with van der Waals surface area (Å²) >= 11 is 0. The van der Waals surface area contributed by atoms with Crippen LogP contribution in [0.4, 0.5) is 8.78 Å². The monoisotopic (exact) mass is 253 g/mol. The molecule has 0 N–H and O–H groups in total. The van der Waals surface area contributed by atoms with Gasteiger partial charge >= 0.3 is 5.97 Å². The topological polar surface area (TPSA) is 50.1 Å². The van der Waals surface area contributed by atoms with E-state index in [0.29, 0.717) is 12.0 Å². The lowest BCUT2D eigenvalue weighted by Gasteiger charge is -2.11. The highest BCUT2D eigenvalue weighted by Crippen LogP contribution is 2.27. The molecule has 0 heterocycles. The average molecular weight is 253 g/mol. The maximum absolute atomic E-state index is 12.8. The van der Waals surface area contributed by atoms with E-state index in [0.717, 1.165) is 6.07 Å². The van der Waals surface area contributed by atoms with E-state index in [-0.39, 0.29) is 23.3 Å².